The molecule has 1 aromatic rings. The van der Waals surface area contributed by atoms with Gasteiger partial charge in [-0.15, -0.1) is 0 Å². The zero-order chi connectivity index (χ0) is 13.1. The molecule has 1 saturated heterocycles. The SMILES string of the molecule is Clc1ccc2c(c1)CN(CCN1CCOCC1)CC2. The van der Waals surface area contributed by atoms with Gasteiger partial charge in [0, 0.05) is 44.3 Å². The predicted octanol–water partition coefficient (Wildman–Crippen LogP) is 2.03. The van der Waals surface area contributed by atoms with Crippen LogP contribution in [0.5, 0.6) is 0 Å². The van der Waals surface area contributed by atoms with E-state index >= 15 is 0 Å². The van der Waals surface area contributed by atoms with Gasteiger partial charge in [-0.3, -0.25) is 9.80 Å². The Hall–Kier alpha value is -0.610. The average molecular weight is 281 g/mol. The van der Waals surface area contributed by atoms with E-state index in [9.17, 15) is 0 Å². The second-order valence-electron chi connectivity index (χ2n) is 5.39. The van der Waals surface area contributed by atoms with Gasteiger partial charge >= 0.3 is 0 Å². The van der Waals surface area contributed by atoms with E-state index in [0.717, 1.165) is 57.4 Å². The van der Waals surface area contributed by atoms with E-state index in [-0.39, 0.29) is 0 Å². The largest absolute Gasteiger partial charge is 0.379 e. The Morgan fingerprint density at radius 2 is 1.79 bits per heavy atom. The van der Waals surface area contributed by atoms with Crippen LogP contribution in [0.3, 0.4) is 0 Å². The summed E-state index contributed by atoms with van der Waals surface area (Å²) >= 11 is 6.08. The molecule has 1 aromatic carbocycles. The quantitative estimate of drug-likeness (QED) is 0.843. The first-order valence-electron chi connectivity index (χ1n) is 7.11. The van der Waals surface area contributed by atoms with Crippen LogP contribution in [0.2, 0.25) is 5.02 Å². The Bertz CT molecular complexity index is 432. The summed E-state index contributed by atoms with van der Waals surface area (Å²) in [5.74, 6) is 0. The van der Waals surface area contributed by atoms with Gasteiger partial charge < -0.3 is 4.74 Å². The molecule has 1 fully saturated rings. The van der Waals surface area contributed by atoms with Crippen LogP contribution in [0.15, 0.2) is 18.2 Å². The van der Waals surface area contributed by atoms with Crippen LogP contribution in [-0.4, -0.2) is 55.7 Å². The maximum absolute atomic E-state index is 6.08. The smallest absolute Gasteiger partial charge is 0.0594 e. The number of hydrogen-bond acceptors (Lipinski definition) is 3. The van der Waals surface area contributed by atoms with Crippen molar-refractivity contribution in [3.05, 3.63) is 34.3 Å². The molecule has 0 spiro atoms. The van der Waals surface area contributed by atoms with Crippen molar-refractivity contribution in [1.82, 2.24) is 9.80 Å². The Labute approximate surface area is 120 Å². The number of nitrogens with zero attached hydrogens (tertiary/aromatic N) is 2. The molecule has 2 heterocycles. The highest BCUT2D eigenvalue weighted by atomic mass is 35.5. The highest BCUT2D eigenvalue weighted by Crippen LogP contribution is 2.22. The molecule has 0 unspecified atom stereocenters. The van der Waals surface area contributed by atoms with E-state index < -0.39 is 0 Å². The molecule has 0 aliphatic carbocycles. The molecular formula is C15H21ClN2O. The molecule has 2 aliphatic rings. The minimum atomic E-state index is 0.855. The number of hydrogen-bond donors (Lipinski definition) is 0. The molecule has 104 valence electrons. The molecule has 2 aliphatic heterocycles. The summed E-state index contributed by atoms with van der Waals surface area (Å²) in [6.45, 7) is 8.44. The summed E-state index contributed by atoms with van der Waals surface area (Å²) in [5.41, 5.74) is 2.87. The number of rotatable bonds is 3. The third-order valence-electron chi connectivity index (χ3n) is 4.10. The molecular weight excluding hydrogens is 260 g/mol. The molecule has 3 rings (SSSR count). The molecule has 4 heteroatoms. The summed E-state index contributed by atoms with van der Waals surface area (Å²) < 4.78 is 5.38. The van der Waals surface area contributed by atoms with Crippen LogP contribution < -0.4 is 0 Å². The fourth-order valence-corrected chi connectivity index (χ4v) is 3.08. The summed E-state index contributed by atoms with van der Waals surface area (Å²) in [5, 5.41) is 0.855. The average Bonchev–Trinajstić information content (AvgIpc) is 2.46. The van der Waals surface area contributed by atoms with Crippen molar-refractivity contribution >= 4 is 11.6 Å². The molecule has 0 amide bonds. The molecule has 0 aromatic heterocycles. The highest BCUT2D eigenvalue weighted by Gasteiger charge is 2.17. The van der Waals surface area contributed by atoms with Crippen molar-refractivity contribution in [1.29, 1.82) is 0 Å². The maximum atomic E-state index is 6.08. The maximum Gasteiger partial charge on any atom is 0.0594 e. The second kappa shape index (κ2) is 6.23. The van der Waals surface area contributed by atoms with Crippen molar-refractivity contribution in [2.75, 3.05) is 45.9 Å². The molecule has 0 radical (unpaired) electrons. The van der Waals surface area contributed by atoms with Crippen molar-refractivity contribution in [2.45, 2.75) is 13.0 Å². The summed E-state index contributed by atoms with van der Waals surface area (Å²) in [4.78, 5) is 5.03. The van der Waals surface area contributed by atoms with Gasteiger partial charge in [-0.2, -0.15) is 0 Å². The summed E-state index contributed by atoms with van der Waals surface area (Å²) in [6.07, 6.45) is 1.15. The van der Waals surface area contributed by atoms with E-state index in [1.807, 2.05) is 6.07 Å². The number of fused-ring (bicyclic) bond motifs is 1. The van der Waals surface area contributed by atoms with Crippen molar-refractivity contribution in [3.63, 3.8) is 0 Å². The second-order valence-corrected chi connectivity index (χ2v) is 5.83. The molecule has 19 heavy (non-hydrogen) atoms. The van der Waals surface area contributed by atoms with Crippen LogP contribution in [0.4, 0.5) is 0 Å². The standard InChI is InChI=1S/C15H21ClN2O/c16-15-2-1-13-3-4-18(12-14(13)11-15)6-5-17-7-9-19-10-8-17/h1-2,11H,3-10,12H2. The minimum absolute atomic E-state index is 0.855. The van der Waals surface area contributed by atoms with Crippen molar-refractivity contribution in [3.8, 4) is 0 Å². The van der Waals surface area contributed by atoms with Gasteiger partial charge in [-0.05, 0) is 29.7 Å². The summed E-state index contributed by atoms with van der Waals surface area (Å²) in [7, 11) is 0. The van der Waals surface area contributed by atoms with Gasteiger partial charge in [0.15, 0.2) is 0 Å². The van der Waals surface area contributed by atoms with E-state index in [4.69, 9.17) is 16.3 Å². The van der Waals surface area contributed by atoms with E-state index in [1.54, 1.807) is 0 Å². The van der Waals surface area contributed by atoms with Crippen LogP contribution in [0.25, 0.3) is 0 Å². The Morgan fingerprint density at radius 1 is 1.00 bits per heavy atom. The Kier molecular flexibility index (Phi) is 4.38. The van der Waals surface area contributed by atoms with Gasteiger partial charge in [0.1, 0.15) is 0 Å². The van der Waals surface area contributed by atoms with Crippen LogP contribution >= 0.6 is 11.6 Å². The van der Waals surface area contributed by atoms with Crippen LogP contribution in [0.1, 0.15) is 11.1 Å². The van der Waals surface area contributed by atoms with E-state index in [0.29, 0.717) is 0 Å². The van der Waals surface area contributed by atoms with Gasteiger partial charge in [-0.1, -0.05) is 17.7 Å². The fourth-order valence-electron chi connectivity index (χ4n) is 2.88. The molecule has 0 atom stereocenters. The van der Waals surface area contributed by atoms with Crippen molar-refractivity contribution in [2.24, 2.45) is 0 Å². The van der Waals surface area contributed by atoms with Crippen LogP contribution in [0, 0.1) is 0 Å². The number of morpholine rings is 1. The lowest BCUT2D eigenvalue weighted by Gasteiger charge is -2.32. The normalized spacial score (nSPS) is 21.3. The predicted molar refractivity (Wildman–Crippen MR) is 77.7 cm³/mol. The molecule has 0 saturated carbocycles. The van der Waals surface area contributed by atoms with Gasteiger partial charge in [0.05, 0.1) is 13.2 Å². The number of benzene rings is 1. The lowest BCUT2D eigenvalue weighted by atomic mass is 10.00. The zero-order valence-corrected chi connectivity index (χ0v) is 12.0. The lowest BCUT2D eigenvalue weighted by molar-refractivity contribution is 0.0327. The fraction of sp³-hybridized carbons (Fsp3) is 0.600. The van der Waals surface area contributed by atoms with Gasteiger partial charge in [0.2, 0.25) is 0 Å². The zero-order valence-electron chi connectivity index (χ0n) is 11.3. The minimum Gasteiger partial charge on any atom is -0.379 e. The monoisotopic (exact) mass is 280 g/mol. The van der Waals surface area contributed by atoms with Crippen LogP contribution in [-0.2, 0) is 17.7 Å². The third-order valence-corrected chi connectivity index (χ3v) is 4.33. The first-order valence-corrected chi connectivity index (χ1v) is 7.49. The first kappa shape index (κ1) is 13.4. The van der Waals surface area contributed by atoms with Gasteiger partial charge in [0.25, 0.3) is 0 Å². The topological polar surface area (TPSA) is 15.7 Å². The Balaban J connectivity index is 1.53. The lowest BCUT2D eigenvalue weighted by Crippen LogP contribution is -2.42. The van der Waals surface area contributed by atoms with Gasteiger partial charge in [-0.25, -0.2) is 0 Å². The highest BCUT2D eigenvalue weighted by molar-refractivity contribution is 6.30. The Morgan fingerprint density at radius 3 is 2.63 bits per heavy atom. The number of halogens is 1. The molecule has 0 bridgehead atoms. The number of ether oxygens (including phenoxy) is 1. The summed E-state index contributed by atoms with van der Waals surface area (Å²) in [6, 6.07) is 6.30. The van der Waals surface area contributed by atoms with Crippen molar-refractivity contribution < 1.29 is 4.74 Å². The molecule has 3 nitrogen and oxygen atoms in total. The van der Waals surface area contributed by atoms with E-state index in [1.165, 1.54) is 17.7 Å². The van der Waals surface area contributed by atoms with E-state index in [2.05, 4.69) is 21.9 Å². The first-order chi connectivity index (χ1) is 9.31. The third kappa shape index (κ3) is 3.48. The molecule has 0 N–H and O–H groups in total.